The molecule has 1 spiro atoms. The second-order valence-corrected chi connectivity index (χ2v) is 10.3. The van der Waals surface area contributed by atoms with E-state index in [0.717, 1.165) is 39.0 Å². The highest BCUT2D eigenvalue weighted by atomic mass is 16.7. The van der Waals surface area contributed by atoms with E-state index in [2.05, 4.69) is 42.0 Å². The molecule has 0 saturated carbocycles. The molecule has 0 fully saturated rings. The number of nitrogens with two attached hydrogens (primary N) is 1. The fourth-order valence-corrected chi connectivity index (χ4v) is 5.77. The lowest BCUT2D eigenvalue weighted by molar-refractivity contribution is 0.0735. The Balaban J connectivity index is 1.37. The maximum absolute atomic E-state index is 7.06. The molecule has 7 nitrogen and oxygen atoms in total. The highest BCUT2D eigenvalue weighted by Gasteiger charge is 2.59. The number of nitrogen functional groups attached to an aromatic ring is 1. The molecule has 2 atom stereocenters. The van der Waals surface area contributed by atoms with E-state index in [1.165, 1.54) is 0 Å². The lowest BCUT2D eigenvalue weighted by Gasteiger charge is -2.45. The van der Waals surface area contributed by atoms with Gasteiger partial charge in [-0.25, -0.2) is 4.84 Å². The van der Waals surface area contributed by atoms with Crippen LogP contribution in [0.15, 0.2) is 89.0 Å². The van der Waals surface area contributed by atoms with Crippen molar-refractivity contribution >= 4 is 46.0 Å². The van der Waals surface area contributed by atoms with Crippen LogP contribution in [0, 0.1) is 0 Å². The van der Waals surface area contributed by atoms with Crippen LogP contribution >= 0.6 is 0 Å². The zero-order chi connectivity index (χ0) is 25.4. The Morgan fingerprint density at radius 2 is 1.70 bits per heavy atom. The molecule has 0 radical (unpaired) electrons. The van der Waals surface area contributed by atoms with E-state index >= 15 is 0 Å². The van der Waals surface area contributed by atoms with Gasteiger partial charge in [-0.1, -0.05) is 54.6 Å². The Bertz CT molecular complexity index is 1610. The van der Waals surface area contributed by atoms with Gasteiger partial charge in [-0.05, 0) is 54.6 Å². The molecule has 7 rings (SSSR count). The van der Waals surface area contributed by atoms with Crippen LogP contribution in [-0.2, 0) is 10.3 Å². The Kier molecular flexibility index (Phi) is 4.48. The maximum Gasteiger partial charge on any atom is 0.228 e. The van der Waals surface area contributed by atoms with Gasteiger partial charge in [0.15, 0.2) is 5.75 Å². The summed E-state index contributed by atoms with van der Waals surface area (Å²) >= 11 is 0. The molecule has 3 heterocycles. The van der Waals surface area contributed by atoms with Crippen molar-refractivity contribution in [3.8, 4) is 5.75 Å². The number of anilines is 3. The minimum absolute atomic E-state index is 0.290. The van der Waals surface area contributed by atoms with E-state index < -0.39 is 11.1 Å². The number of aliphatic imine (C=N–C) groups is 1. The fraction of sp³-hybridized carbons (Fsp3) is 0.200. The van der Waals surface area contributed by atoms with E-state index in [-0.39, 0.29) is 6.10 Å². The molecule has 37 heavy (non-hydrogen) atoms. The molecule has 0 bridgehead atoms. The highest BCUT2D eigenvalue weighted by Crippen LogP contribution is 2.57. The van der Waals surface area contributed by atoms with E-state index in [4.69, 9.17) is 20.3 Å². The number of ether oxygens (including phenoxy) is 1. The maximum atomic E-state index is 7.06. The lowest BCUT2D eigenvalue weighted by Crippen LogP contribution is -2.61. The van der Waals surface area contributed by atoms with Crippen LogP contribution in [0.4, 0.5) is 22.7 Å². The first kappa shape index (κ1) is 21.9. The zero-order valence-corrected chi connectivity index (χ0v) is 20.9. The summed E-state index contributed by atoms with van der Waals surface area (Å²) < 4.78 is 7.06. The van der Waals surface area contributed by atoms with Gasteiger partial charge < -0.3 is 15.4 Å². The average molecular weight is 490 g/mol. The molecule has 184 valence electrons. The van der Waals surface area contributed by atoms with Crippen molar-refractivity contribution in [3.63, 3.8) is 0 Å². The third-order valence-electron chi connectivity index (χ3n) is 7.89. The molecule has 4 aromatic rings. The van der Waals surface area contributed by atoms with Crippen LogP contribution in [0.25, 0.3) is 10.8 Å². The molecule has 0 aliphatic carbocycles. The minimum Gasteiger partial charge on any atom is -0.457 e. The summed E-state index contributed by atoms with van der Waals surface area (Å²) in [6.45, 7) is 4.34. The smallest absolute Gasteiger partial charge is 0.228 e. The highest BCUT2D eigenvalue weighted by molar-refractivity contribution is 6.03. The Labute approximate surface area is 215 Å². The topological polar surface area (TPSA) is 75.7 Å². The number of likely N-dealkylation sites (N-methyl/N-ethyl adjacent to an activating group) is 1. The number of hydrogen-bond donors (Lipinski definition) is 1. The number of nitrogens with zero attached hydrogens (tertiary/aromatic N) is 4. The predicted octanol–water partition coefficient (Wildman–Crippen LogP) is 6.12. The summed E-state index contributed by atoms with van der Waals surface area (Å²) in [6.07, 6.45) is 3.45. The number of hydrogen-bond acceptors (Lipinski definition) is 7. The van der Waals surface area contributed by atoms with Crippen molar-refractivity contribution < 1.29 is 9.57 Å². The summed E-state index contributed by atoms with van der Waals surface area (Å²) in [5, 5.41) is 8.23. The molecule has 0 saturated heterocycles. The van der Waals surface area contributed by atoms with Gasteiger partial charge in [-0.15, -0.1) is 5.17 Å². The van der Waals surface area contributed by atoms with Crippen molar-refractivity contribution in [2.75, 3.05) is 22.9 Å². The number of benzene rings is 4. The summed E-state index contributed by atoms with van der Waals surface area (Å²) in [7, 11) is 2.04. The molecule has 2 unspecified atom stereocenters. The predicted molar refractivity (Wildman–Crippen MR) is 149 cm³/mol. The van der Waals surface area contributed by atoms with Gasteiger partial charge in [0.2, 0.25) is 5.72 Å². The monoisotopic (exact) mass is 489 g/mol. The van der Waals surface area contributed by atoms with Crippen LogP contribution in [0.1, 0.15) is 31.1 Å². The van der Waals surface area contributed by atoms with E-state index in [1.807, 2.05) is 80.1 Å². The largest absolute Gasteiger partial charge is 0.457 e. The van der Waals surface area contributed by atoms with Crippen LogP contribution in [0.5, 0.6) is 5.75 Å². The van der Waals surface area contributed by atoms with Crippen molar-refractivity contribution in [1.29, 1.82) is 0 Å². The van der Waals surface area contributed by atoms with Gasteiger partial charge in [-0.3, -0.25) is 4.99 Å². The Morgan fingerprint density at radius 1 is 0.919 bits per heavy atom. The van der Waals surface area contributed by atoms with Crippen molar-refractivity contribution in [2.24, 2.45) is 10.1 Å². The standard InChI is InChI=1S/C30H27N5O2/c1-29(2)23-16-21(31)13-14-24(23)34(3)30(29)18-32-27-22-12-8-7-11-20(22)15-25(28(27)36-30)35-33-17-26(37-35)19-9-5-4-6-10-19/h4-18,26H,31H2,1-3H3. The third-order valence-corrected chi connectivity index (χ3v) is 7.89. The van der Waals surface area contributed by atoms with Gasteiger partial charge >= 0.3 is 0 Å². The summed E-state index contributed by atoms with van der Waals surface area (Å²) in [5.41, 5.74) is 10.3. The summed E-state index contributed by atoms with van der Waals surface area (Å²) in [5.74, 6) is 0.632. The SMILES string of the molecule is CN1c2ccc(N)cc2C(C)(C)C12C=Nc1c(c(N3N=CC(c4ccccc4)O3)cc3ccccc13)O2. The van der Waals surface area contributed by atoms with Crippen LogP contribution < -0.4 is 20.5 Å². The quantitative estimate of drug-likeness (QED) is 0.343. The molecule has 7 heteroatoms. The van der Waals surface area contributed by atoms with Crippen LogP contribution in [-0.4, -0.2) is 25.2 Å². The minimum atomic E-state index is -0.865. The fourth-order valence-electron chi connectivity index (χ4n) is 5.77. The van der Waals surface area contributed by atoms with E-state index in [0.29, 0.717) is 11.4 Å². The number of fused-ring (bicyclic) bond motifs is 4. The first-order chi connectivity index (χ1) is 17.9. The van der Waals surface area contributed by atoms with Crippen molar-refractivity contribution in [2.45, 2.75) is 31.1 Å². The molecule has 3 aliphatic rings. The molecule has 2 N–H and O–H groups in total. The molecular formula is C30H27N5O2. The second kappa shape index (κ2) is 7.57. The molecular weight excluding hydrogens is 462 g/mol. The van der Waals surface area contributed by atoms with Crippen molar-refractivity contribution in [3.05, 3.63) is 90.0 Å². The van der Waals surface area contributed by atoms with Gasteiger partial charge in [0.05, 0.1) is 17.8 Å². The normalized spacial score (nSPS) is 22.9. The van der Waals surface area contributed by atoms with Crippen LogP contribution in [0.2, 0.25) is 0 Å². The first-order valence-electron chi connectivity index (χ1n) is 12.4. The zero-order valence-electron chi connectivity index (χ0n) is 20.9. The number of hydrazone groups is 1. The second-order valence-electron chi connectivity index (χ2n) is 10.3. The number of rotatable bonds is 2. The van der Waals surface area contributed by atoms with Crippen LogP contribution in [0.3, 0.4) is 0 Å². The third kappa shape index (κ3) is 2.98. The van der Waals surface area contributed by atoms with E-state index in [9.17, 15) is 0 Å². The average Bonchev–Trinajstić information content (AvgIpc) is 3.47. The first-order valence-corrected chi connectivity index (χ1v) is 12.4. The summed E-state index contributed by atoms with van der Waals surface area (Å²) in [6, 6.07) is 26.3. The van der Waals surface area contributed by atoms with Gasteiger partial charge in [-0.2, -0.15) is 5.10 Å². The Hall–Kier alpha value is -4.36. The lowest BCUT2D eigenvalue weighted by atomic mass is 9.77. The Morgan fingerprint density at radius 3 is 2.54 bits per heavy atom. The molecule has 0 aromatic heterocycles. The molecule has 4 aromatic carbocycles. The molecule has 0 amide bonds. The van der Waals surface area contributed by atoms with Gasteiger partial charge in [0.1, 0.15) is 17.5 Å². The molecule has 3 aliphatic heterocycles. The van der Waals surface area contributed by atoms with Gasteiger partial charge in [0.25, 0.3) is 0 Å². The van der Waals surface area contributed by atoms with Crippen molar-refractivity contribution in [1.82, 2.24) is 0 Å². The van der Waals surface area contributed by atoms with E-state index in [1.54, 1.807) is 5.17 Å². The summed E-state index contributed by atoms with van der Waals surface area (Å²) in [4.78, 5) is 13.5. The van der Waals surface area contributed by atoms with Gasteiger partial charge in [0, 0.05) is 23.8 Å².